The van der Waals surface area contributed by atoms with Crippen LogP contribution in [0.3, 0.4) is 0 Å². The molecule has 0 bridgehead atoms. The molecule has 6 heteroatoms. The summed E-state index contributed by atoms with van der Waals surface area (Å²) in [6, 6.07) is 0. The number of rotatable bonds is 2. The molecule has 0 aromatic carbocycles. The molecule has 1 heterocycles. The minimum absolute atomic E-state index is 0.0216. The minimum Gasteiger partial charge on any atom is -0.465 e. The van der Waals surface area contributed by atoms with E-state index in [0.717, 1.165) is 0 Å². The van der Waals surface area contributed by atoms with Gasteiger partial charge in [0.1, 0.15) is 0 Å². The number of nitrogens with zero attached hydrogens (tertiary/aromatic N) is 2. The zero-order valence-electron chi connectivity index (χ0n) is 7.47. The Bertz CT molecular complexity index is 300. The predicted octanol–water partition coefficient (Wildman–Crippen LogP) is -0.479. The maximum absolute atomic E-state index is 11.3. The number of carbonyl (C=O) groups excluding carboxylic acids is 2. The van der Waals surface area contributed by atoms with Gasteiger partial charge in [-0.1, -0.05) is 6.08 Å². The molecule has 1 rings (SSSR count). The van der Waals surface area contributed by atoms with Gasteiger partial charge < -0.3 is 10.0 Å². The topological polar surface area (TPSA) is 77.9 Å². The zero-order valence-corrected chi connectivity index (χ0v) is 7.47. The smallest absolute Gasteiger partial charge is 0.414 e. The summed E-state index contributed by atoms with van der Waals surface area (Å²) < 4.78 is 0. The van der Waals surface area contributed by atoms with Crippen molar-refractivity contribution >= 4 is 17.9 Å². The number of imide groups is 1. The van der Waals surface area contributed by atoms with Crippen molar-refractivity contribution < 1.29 is 19.5 Å². The van der Waals surface area contributed by atoms with Gasteiger partial charge in [0.25, 0.3) is 0 Å². The Morgan fingerprint density at radius 2 is 2.07 bits per heavy atom. The van der Waals surface area contributed by atoms with Gasteiger partial charge in [0, 0.05) is 13.1 Å². The third-order valence-electron chi connectivity index (χ3n) is 1.89. The molecule has 76 valence electrons. The molecule has 0 radical (unpaired) electrons. The molecule has 0 aromatic heterocycles. The fraction of sp³-hybridized carbons (Fsp3) is 0.375. The summed E-state index contributed by atoms with van der Waals surface area (Å²) in [7, 11) is 0. The van der Waals surface area contributed by atoms with E-state index in [4.69, 9.17) is 5.11 Å². The second kappa shape index (κ2) is 3.91. The highest BCUT2D eigenvalue weighted by atomic mass is 16.4. The largest absolute Gasteiger partial charge is 0.465 e. The van der Waals surface area contributed by atoms with E-state index in [9.17, 15) is 14.4 Å². The van der Waals surface area contributed by atoms with Crippen molar-refractivity contribution in [3.63, 3.8) is 0 Å². The summed E-state index contributed by atoms with van der Waals surface area (Å²) in [5.41, 5.74) is 0. The molecule has 0 saturated carbocycles. The van der Waals surface area contributed by atoms with Gasteiger partial charge in [-0.25, -0.2) is 9.69 Å². The highest BCUT2D eigenvalue weighted by Gasteiger charge is 2.35. The second-order valence-corrected chi connectivity index (χ2v) is 2.78. The van der Waals surface area contributed by atoms with E-state index in [2.05, 4.69) is 6.58 Å². The van der Waals surface area contributed by atoms with Crippen molar-refractivity contribution in [2.45, 2.75) is 0 Å². The number of carbonyl (C=O) groups is 3. The van der Waals surface area contributed by atoms with Crippen LogP contribution in [0.15, 0.2) is 12.7 Å². The molecule has 14 heavy (non-hydrogen) atoms. The highest BCUT2D eigenvalue weighted by Crippen LogP contribution is 2.04. The third kappa shape index (κ3) is 1.73. The quantitative estimate of drug-likeness (QED) is 0.480. The van der Waals surface area contributed by atoms with E-state index in [1.54, 1.807) is 0 Å². The fourth-order valence-electron chi connectivity index (χ4n) is 1.19. The number of piperazine rings is 1. The molecule has 1 N–H and O–H groups in total. The highest BCUT2D eigenvalue weighted by molar-refractivity contribution is 6.37. The van der Waals surface area contributed by atoms with Gasteiger partial charge >= 0.3 is 17.9 Å². The Morgan fingerprint density at radius 3 is 2.57 bits per heavy atom. The lowest BCUT2D eigenvalue weighted by Gasteiger charge is -2.30. The van der Waals surface area contributed by atoms with Crippen LogP contribution >= 0.6 is 0 Å². The Balaban J connectivity index is 2.74. The van der Waals surface area contributed by atoms with Gasteiger partial charge in [-0.3, -0.25) is 9.59 Å². The van der Waals surface area contributed by atoms with E-state index >= 15 is 0 Å². The first kappa shape index (κ1) is 10.2. The first-order chi connectivity index (χ1) is 6.57. The van der Waals surface area contributed by atoms with Gasteiger partial charge in [-0.2, -0.15) is 0 Å². The van der Waals surface area contributed by atoms with E-state index < -0.39 is 17.9 Å². The van der Waals surface area contributed by atoms with Crippen molar-refractivity contribution in [3.8, 4) is 0 Å². The summed E-state index contributed by atoms with van der Waals surface area (Å²) in [6.07, 6.45) is 0.100. The van der Waals surface area contributed by atoms with Crippen LogP contribution in [0.25, 0.3) is 0 Å². The number of carboxylic acid groups (broad SMARTS) is 1. The van der Waals surface area contributed by atoms with E-state index in [0.29, 0.717) is 4.90 Å². The summed E-state index contributed by atoms with van der Waals surface area (Å²) in [5, 5.41) is 8.56. The Hall–Kier alpha value is -1.85. The molecule has 0 aliphatic carbocycles. The van der Waals surface area contributed by atoms with Crippen LogP contribution in [0.1, 0.15) is 0 Å². The molecule has 0 unspecified atom stereocenters. The molecular weight excluding hydrogens is 188 g/mol. The van der Waals surface area contributed by atoms with E-state index in [1.165, 1.54) is 11.0 Å². The molecule has 1 aliphatic heterocycles. The first-order valence-electron chi connectivity index (χ1n) is 4.02. The maximum Gasteiger partial charge on any atom is 0.414 e. The van der Waals surface area contributed by atoms with Crippen LogP contribution in [-0.4, -0.2) is 52.4 Å². The standard InChI is InChI=1S/C8H10N2O4/c1-2-3-9-4-5-10(8(13)14)7(12)6(9)11/h2H,1,3-5H2,(H,13,14). The van der Waals surface area contributed by atoms with Crippen LogP contribution in [0.4, 0.5) is 4.79 Å². The fourth-order valence-corrected chi connectivity index (χ4v) is 1.19. The molecule has 6 nitrogen and oxygen atoms in total. The van der Waals surface area contributed by atoms with Gasteiger partial charge in [0.15, 0.2) is 0 Å². The Kier molecular flexibility index (Phi) is 2.85. The molecule has 1 saturated heterocycles. The molecule has 0 atom stereocenters. The summed E-state index contributed by atoms with van der Waals surface area (Å²) in [6.45, 7) is 3.94. The minimum atomic E-state index is -1.39. The molecule has 0 spiro atoms. The zero-order chi connectivity index (χ0) is 10.7. The predicted molar refractivity (Wildman–Crippen MR) is 46.5 cm³/mol. The monoisotopic (exact) mass is 198 g/mol. The average Bonchev–Trinajstić information content (AvgIpc) is 2.13. The van der Waals surface area contributed by atoms with Crippen molar-refractivity contribution in [1.29, 1.82) is 0 Å². The van der Waals surface area contributed by atoms with E-state index in [1.807, 2.05) is 0 Å². The van der Waals surface area contributed by atoms with Crippen molar-refractivity contribution in [2.75, 3.05) is 19.6 Å². The maximum atomic E-state index is 11.3. The Morgan fingerprint density at radius 1 is 1.43 bits per heavy atom. The lowest BCUT2D eigenvalue weighted by Crippen LogP contribution is -2.55. The van der Waals surface area contributed by atoms with Crippen molar-refractivity contribution in [3.05, 3.63) is 12.7 Å². The van der Waals surface area contributed by atoms with Gasteiger partial charge in [-0.05, 0) is 0 Å². The average molecular weight is 198 g/mol. The first-order valence-corrected chi connectivity index (χ1v) is 4.02. The number of hydrogen-bond donors (Lipinski definition) is 1. The molecular formula is C8H10N2O4. The van der Waals surface area contributed by atoms with Crippen LogP contribution in [-0.2, 0) is 9.59 Å². The third-order valence-corrected chi connectivity index (χ3v) is 1.89. The molecule has 1 aliphatic rings. The van der Waals surface area contributed by atoms with Gasteiger partial charge in [-0.15, -0.1) is 6.58 Å². The Labute approximate surface area is 80.4 Å². The number of amides is 3. The summed E-state index contributed by atoms with van der Waals surface area (Å²) in [5.74, 6) is -1.79. The van der Waals surface area contributed by atoms with Gasteiger partial charge in [0.2, 0.25) is 0 Å². The van der Waals surface area contributed by atoms with Gasteiger partial charge in [0.05, 0.1) is 6.54 Å². The second-order valence-electron chi connectivity index (χ2n) is 2.78. The molecule has 3 amide bonds. The molecule has 0 aromatic rings. The van der Waals surface area contributed by atoms with Crippen LogP contribution in [0.5, 0.6) is 0 Å². The van der Waals surface area contributed by atoms with Crippen LogP contribution in [0.2, 0.25) is 0 Å². The number of hydrogen-bond acceptors (Lipinski definition) is 3. The van der Waals surface area contributed by atoms with Crippen LogP contribution in [0, 0.1) is 0 Å². The summed E-state index contributed by atoms with van der Waals surface area (Å²) >= 11 is 0. The summed E-state index contributed by atoms with van der Waals surface area (Å²) in [4.78, 5) is 34.7. The lowest BCUT2D eigenvalue weighted by molar-refractivity contribution is -0.153. The van der Waals surface area contributed by atoms with Crippen molar-refractivity contribution in [2.24, 2.45) is 0 Å². The van der Waals surface area contributed by atoms with Crippen molar-refractivity contribution in [1.82, 2.24) is 9.80 Å². The van der Waals surface area contributed by atoms with Crippen LogP contribution < -0.4 is 0 Å². The van der Waals surface area contributed by atoms with E-state index in [-0.39, 0.29) is 19.6 Å². The lowest BCUT2D eigenvalue weighted by atomic mass is 10.3. The molecule has 1 fully saturated rings. The SMILES string of the molecule is C=CCN1CCN(C(=O)O)C(=O)C1=O. The normalized spacial score (nSPS) is 17.1.